The second-order valence-electron chi connectivity index (χ2n) is 5.19. The van der Waals surface area contributed by atoms with Crippen LogP contribution in [0.1, 0.15) is 32.4 Å². The van der Waals surface area contributed by atoms with Crippen molar-refractivity contribution in [1.29, 1.82) is 0 Å². The van der Waals surface area contributed by atoms with Crippen LogP contribution >= 0.6 is 11.3 Å². The molecule has 0 fully saturated rings. The Balaban J connectivity index is 2.18. The Hall–Kier alpha value is -0.450. The van der Waals surface area contributed by atoms with Gasteiger partial charge in [0, 0.05) is 11.9 Å². The Bertz CT molecular complexity index is 282. The normalized spacial score (nSPS) is 12.3. The lowest BCUT2D eigenvalue weighted by molar-refractivity contribution is 0.272. The molecule has 0 saturated carbocycles. The van der Waals surface area contributed by atoms with E-state index in [0.717, 1.165) is 19.6 Å². The predicted molar refractivity (Wildman–Crippen MR) is 70.5 cm³/mol. The summed E-state index contributed by atoms with van der Waals surface area (Å²) in [4.78, 5) is 6.61. The zero-order chi connectivity index (χ0) is 12.0. The lowest BCUT2D eigenvalue weighted by atomic mass is 9.88. The van der Waals surface area contributed by atoms with Crippen molar-refractivity contribution in [3.63, 3.8) is 0 Å². The number of hydrogen-bond acceptors (Lipinski definition) is 4. The lowest BCUT2D eigenvalue weighted by Gasteiger charge is -2.23. The Morgan fingerprint density at radius 3 is 2.81 bits per heavy atom. The first-order valence-electron chi connectivity index (χ1n) is 5.79. The SMILES string of the molecule is CN(CCCC(C)(C)CN)Cc1cscn1. The highest BCUT2D eigenvalue weighted by Crippen LogP contribution is 2.20. The van der Waals surface area contributed by atoms with Gasteiger partial charge in [0.15, 0.2) is 0 Å². The predicted octanol–water partition coefficient (Wildman–Crippen LogP) is 2.34. The molecule has 3 nitrogen and oxygen atoms in total. The third-order valence-corrected chi connectivity index (χ3v) is 3.50. The van der Waals surface area contributed by atoms with Gasteiger partial charge in [0.1, 0.15) is 0 Å². The van der Waals surface area contributed by atoms with Gasteiger partial charge in [0.2, 0.25) is 0 Å². The molecule has 1 rings (SSSR count). The van der Waals surface area contributed by atoms with E-state index in [0.29, 0.717) is 0 Å². The Kier molecular flexibility index (Phi) is 5.38. The Morgan fingerprint density at radius 1 is 1.50 bits per heavy atom. The van der Waals surface area contributed by atoms with E-state index < -0.39 is 0 Å². The molecule has 0 saturated heterocycles. The van der Waals surface area contributed by atoms with Gasteiger partial charge >= 0.3 is 0 Å². The molecule has 0 bridgehead atoms. The highest BCUT2D eigenvalue weighted by molar-refractivity contribution is 7.07. The first kappa shape index (κ1) is 13.6. The Morgan fingerprint density at radius 2 is 2.25 bits per heavy atom. The van der Waals surface area contributed by atoms with Crippen molar-refractivity contribution in [2.75, 3.05) is 20.1 Å². The molecule has 0 radical (unpaired) electrons. The number of aromatic nitrogens is 1. The topological polar surface area (TPSA) is 42.1 Å². The van der Waals surface area contributed by atoms with Crippen LogP contribution in [-0.2, 0) is 6.54 Å². The first-order valence-corrected chi connectivity index (χ1v) is 6.73. The average molecular weight is 241 g/mol. The van der Waals surface area contributed by atoms with E-state index in [9.17, 15) is 0 Å². The van der Waals surface area contributed by atoms with Gasteiger partial charge in [-0.25, -0.2) is 4.98 Å². The highest BCUT2D eigenvalue weighted by atomic mass is 32.1. The third kappa shape index (κ3) is 5.05. The number of thiazole rings is 1. The minimum absolute atomic E-state index is 0.279. The maximum atomic E-state index is 5.71. The van der Waals surface area contributed by atoms with Crippen molar-refractivity contribution in [3.05, 3.63) is 16.6 Å². The van der Waals surface area contributed by atoms with Crippen LogP contribution in [-0.4, -0.2) is 30.0 Å². The van der Waals surface area contributed by atoms with E-state index in [4.69, 9.17) is 5.73 Å². The maximum Gasteiger partial charge on any atom is 0.0795 e. The zero-order valence-electron chi connectivity index (χ0n) is 10.6. The molecule has 0 atom stereocenters. The second kappa shape index (κ2) is 6.33. The molecular formula is C12H23N3S. The van der Waals surface area contributed by atoms with Gasteiger partial charge in [-0.1, -0.05) is 13.8 Å². The molecule has 1 heterocycles. The average Bonchev–Trinajstić information content (AvgIpc) is 2.70. The molecule has 2 N–H and O–H groups in total. The molecule has 0 unspecified atom stereocenters. The number of rotatable bonds is 7. The fraction of sp³-hybridized carbons (Fsp3) is 0.750. The standard InChI is InChI=1S/C12H23N3S/c1-12(2,9-13)5-4-6-15(3)7-11-8-16-10-14-11/h8,10H,4-7,9,13H2,1-3H3. The van der Waals surface area contributed by atoms with E-state index >= 15 is 0 Å². The smallest absolute Gasteiger partial charge is 0.0795 e. The second-order valence-corrected chi connectivity index (χ2v) is 5.91. The van der Waals surface area contributed by atoms with Crippen LogP contribution in [0.2, 0.25) is 0 Å². The van der Waals surface area contributed by atoms with Gasteiger partial charge in [-0.3, -0.25) is 0 Å². The molecule has 0 aliphatic rings. The van der Waals surface area contributed by atoms with Crippen molar-refractivity contribution in [1.82, 2.24) is 9.88 Å². The fourth-order valence-corrected chi connectivity index (χ4v) is 2.15. The molecule has 0 aliphatic carbocycles. The highest BCUT2D eigenvalue weighted by Gasteiger charge is 2.15. The summed E-state index contributed by atoms with van der Waals surface area (Å²) in [5.41, 5.74) is 9.05. The molecule has 0 amide bonds. The summed E-state index contributed by atoms with van der Waals surface area (Å²) in [5, 5.41) is 2.11. The summed E-state index contributed by atoms with van der Waals surface area (Å²) in [7, 11) is 2.15. The van der Waals surface area contributed by atoms with Gasteiger partial charge in [-0.2, -0.15) is 0 Å². The molecule has 4 heteroatoms. The summed E-state index contributed by atoms with van der Waals surface area (Å²) in [6.45, 7) is 7.29. The van der Waals surface area contributed by atoms with E-state index in [-0.39, 0.29) is 5.41 Å². The van der Waals surface area contributed by atoms with Crippen molar-refractivity contribution in [2.45, 2.75) is 33.2 Å². The molecule has 1 aromatic rings. The van der Waals surface area contributed by atoms with Crippen LogP contribution in [0.25, 0.3) is 0 Å². The minimum Gasteiger partial charge on any atom is -0.330 e. The number of nitrogens with two attached hydrogens (primary N) is 1. The van der Waals surface area contributed by atoms with Gasteiger partial charge in [0.05, 0.1) is 11.2 Å². The van der Waals surface area contributed by atoms with Crippen molar-refractivity contribution in [3.8, 4) is 0 Å². The van der Waals surface area contributed by atoms with Crippen LogP contribution in [0.4, 0.5) is 0 Å². The van der Waals surface area contributed by atoms with Crippen LogP contribution in [0.15, 0.2) is 10.9 Å². The van der Waals surface area contributed by atoms with E-state index in [1.165, 1.54) is 18.5 Å². The quantitative estimate of drug-likeness (QED) is 0.796. The number of nitrogens with zero attached hydrogens (tertiary/aromatic N) is 2. The van der Waals surface area contributed by atoms with Crippen LogP contribution in [0, 0.1) is 5.41 Å². The fourth-order valence-electron chi connectivity index (χ4n) is 1.60. The molecule has 16 heavy (non-hydrogen) atoms. The largest absolute Gasteiger partial charge is 0.330 e. The Labute approximate surface area is 103 Å². The van der Waals surface area contributed by atoms with Gasteiger partial charge in [0.25, 0.3) is 0 Å². The van der Waals surface area contributed by atoms with Gasteiger partial charge in [-0.05, 0) is 38.4 Å². The molecule has 1 aromatic heterocycles. The van der Waals surface area contributed by atoms with Gasteiger partial charge < -0.3 is 10.6 Å². The van der Waals surface area contributed by atoms with Crippen molar-refractivity contribution < 1.29 is 0 Å². The maximum absolute atomic E-state index is 5.71. The summed E-state index contributed by atoms with van der Waals surface area (Å²) in [6, 6.07) is 0. The summed E-state index contributed by atoms with van der Waals surface area (Å²) >= 11 is 1.66. The van der Waals surface area contributed by atoms with Crippen molar-refractivity contribution >= 4 is 11.3 Å². The van der Waals surface area contributed by atoms with Crippen molar-refractivity contribution in [2.24, 2.45) is 11.1 Å². The summed E-state index contributed by atoms with van der Waals surface area (Å²) in [5.74, 6) is 0. The summed E-state index contributed by atoms with van der Waals surface area (Å²) < 4.78 is 0. The molecule has 0 spiro atoms. The van der Waals surface area contributed by atoms with Gasteiger partial charge in [-0.15, -0.1) is 11.3 Å². The van der Waals surface area contributed by atoms with Crippen LogP contribution in [0.3, 0.4) is 0 Å². The molecule has 0 aliphatic heterocycles. The first-order chi connectivity index (χ1) is 7.53. The zero-order valence-corrected chi connectivity index (χ0v) is 11.4. The van der Waals surface area contributed by atoms with Crippen LogP contribution < -0.4 is 5.73 Å². The monoisotopic (exact) mass is 241 g/mol. The number of hydrogen-bond donors (Lipinski definition) is 1. The molecule has 0 aromatic carbocycles. The van der Waals surface area contributed by atoms with E-state index in [1.807, 2.05) is 5.51 Å². The van der Waals surface area contributed by atoms with Crippen LogP contribution in [0.5, 0.6) is 0 Å². The molecular weight excluding hydrogens is 218 g/mol. The minimum atomic E-state index is 0.279. The van der Waals surface area contributed by atoms with E-state index in [2.05, 4.69) is 36.2 Å². The lowest BCUT2D eigenvalue weighted by Crippen LogP contribution is -2.26. The molecule has 92 valence electrons. The van der Waals surface area contributed by atoms with E-state index in [1.54, 1.807) is 11.3 Å². The third-order valence-electron chi connectivity index (χ3n) is 2.86. The summed E-state index contributed by atoms with van der Waals surface area (Å²) in [6.07, 6.45) is 2.38.